The number of unbranched alkanes of at least 4 members (excludes halogenated alkanes) is 8. The van der Waals surface area contributed by atoms with Crippen molar-refractivity contribution in [2.75, 3.05) is 6.61 Å². The van der Waals surface area contributed by atoms with Crippen LogP contribution < -0.4 is 0 Å². The quantitative estimate of drug-likeness (QED) is 0.245. The maximum absolute atomic E-state index is 10.2. The molecule has 0 fully saturated rings. The smallest absolute Gasteiger partial charge is 0.0716 e. The number of hydrogen-bond acceptors (Lipinski definition) is 2. The number of benzene rings is 1. The van der Waals surface area contributed by atoms with Crippen LogP contribution in [0.25, 0.3) is 0 Å². The first kappa shape index (κ1) is 25.2. The minimum Gasteiger partial charge on any atom is -0.393 e. The van der Waals surface area contributed by atoms with E-state index in [4.69, 9.17) is 4.74 Å². The van der Waals surface area contributed by atoms with Crippen LogP contribution >= 0.6 is 0 Å². The Balaban J connectivity index is 1.85. The van der Waals surface area contributed by atoms with Gasteiger partial charge in [0, 0.05) is 6.61 Å². The van der Waals surface area contributed by atoms with Gasteiger partial charge < -0.3 is 9.84 Å². The van der Waals surface area contributed by atoms with Crippen molar-refractivity contribution in [3.63, 3.8) is 0 Å². The fourth-order valence-corrected chi connectivity index (χ4v) is 3.74. The summed E-state index contributed by atoms with van der Waals surface area (Å²) < 4.78 is 5.72. The number of ether oxygens (including phenoxy) is 1. The summed E-state index contributed by atoms with van der Waals surface area (Å²) in [5.74, 6) is 0.766. The lowest BCUT2D eigenvalue weighted by molar-refractivity contribution is 0.115. The van der Waals surface area contributed by atoms with Crippen LogP contribution in [0.3, 0.4) is 0 Å². The third-order valence-corrected chi connectivity index (χ3v) is 5.73. The predicted octanol–water partition coefficient (Wildman–Crippen LogP) is 7.68. The summed E-state index contributed by atoms with van der Waals surface area (Å²) >= 11 is 0. The second-order valence-corrected chi connectivity index (χ2v) is 8.63. The van der Waals surface area contributed by atoms with Gasteiger partial charge in [-0.1, -0.05) is 108 Å². The highest BCUT2D eigenvalue weighted by atomic mass is 16.5. The first-order valence-corrected chi connectivity index (χ1v) is 12.0. The molecule has 0 saturated carbocycles. The van der Waals surface area contributed by atoms with Crippen LogP contribution in [-0.4, -0.2) is 17.8 Å². The molecule has 0 aliphatic heterocycles. The van der Waals surface area contributed by atoms with Gasteiger partial charge in [-0.25, -0.2) is 0 Å². The van der Waals surface area contributed by atoms with E-state index in [2.05, 4.69) is 38.1 Å². The van der Waals surface area contributed by atoms with Crippen LogP contribution in [0.5, 0.6) is 0 Å². The van der Waals surface area contributed by atoms with Crippen molar-refractivity contribution in [2.45, 2.75) is 116 Å². The van der Waals surface area contributed by atoms with Gasteiger partial charge in [-0.15, -0.1) is 0 Å². The van der Waals surface area contributed by atoms with Crippen molar-refractivity contribution in [2.24, 2.45) is 5.92 Å². The summed E-state index contributed by atoms with van der Waals surface area (Å²) in [7, 11) is 0. The molecule has 2 heteroatoms. The molecule has 0 saturated heterocycles. The van der Waals surface area contributed by atoms with Gasteiger partial charge in [0.05, 0.1) is 12.7 Å². The Labute approximate surface area is 175 Å². The highest BCUT2D eigenvalue weighted by molar-refractivity contribution is 5.13. The molecule has 0 spiro atoms. The first-order valence-electron chi connectivity index (χ1n) is 12.0. The lowest BCUT2D eigenvalue weighted by Crippen LogP contribution is -2.09. The standard InChI is InChI=1S/C26H46O2/c1-3-4-5-6-7-11-16-24(2)20-21-26(27)19-14-8-9-15-22-28-23-25-17-12-10-13-18-25/h10,12-13,17-18,24,26-27H,3-9,11,14-16,19-23H2,1-2H3/t24-,26?/m1/s1. The van der Waals surface area contributed by atoms with Gasteiger partial charge in [0.25, 0.3) is 0 Å². The number of aliphatic hydroxyl groups excluding tert-OH is 1. The van der Waals surface area contributed by atoms with Gasteiger partial charge >= 0.3 is 0 Å². The minimum absolute atomic E-state index is 0.0960. The van der Waals surface area contributed by atoms with Crippen LogP contribution in [0.15, 0.2) is 30.3 Å². The number of hydrogen-bond donors (Lipinski definition) is 1. The van der Waals surface area contributed by atoms with Crippen molar-refractivity contribution < 1.29 is 9.84 Å². The average Bonchev–Trinajstić information content (AvgIpc) is 2.71. The molecule has 1 aromatic rings. The van der Waals surface area contributed by atoms with E-state index >= 15 is 0 Å². The van der Waals surface area contributed by atoms with E-state index < -0.39 is 0 Å². The molecule has 2 nitrogen and oxygen atoms in total. The molecule has 1 unspecified atom stereocenters. The summed E-state index contributed by atoms with van der Waals surface area (Å²) in [5, 5.41) is 10.2. The van der Waals surface area contributed by atoms with E-state index in [0.717, 1.165) is 44.8 Å². The number of aliphatic hydroxyl groups is 1. The van der Waals surface area contributed by atoms with E-state index in [9.17, 15) is 5.11 Å². The van der Waals surface area contributed by atoms with Crippen LogP contribution in [0.2, 0.25) is 0 Å². The monoisotopic (exact) mass is 390 g/mol. The van der Waals surface area contributed by atoms with Gasteiger partial charge in [-0.3, -0.25) is 0 Å². The van der Waals surface area contributed by atoms with Gasteiger partial charge in [-0.2, -0.15) is 0 Å². The second-order valence-electron chi connectivity index (χ2n) is 8.63. The van der Waals surface area contributed by atoms with Gasteiger partial charge in [-0.05, 0) is 37.2 Å². The van der Waals surface area contributed by atoms with Crippen molar-refractivity contribution in [1.82, 2.24) is 0 Å². The van der Waals surface area contributed by atoms with Gasteiger partial charge in [0.2, 0.25) is 0 Å². The highest BCUT2D eigenvalue weighted by Gasteiger charge is 2.08. The maximum Gasteiger partial charge on any atom is 0.0716 e. The fraction of sp³-hybridized carbons (Fsp3) is 0.769. The van der Waals surface area contributed by atoms with Crippen LogP contribution in [0.4, 0.5) is 0 Å². The first-order chi connectivity index (χ1) is 13.7. The Hall–Kier alpha value is -0.860. The summed E-state index contributed by atoms with van der Waals surface area (Å²) in [5.41, 5.74) is 1.25. The molecule has 0 heterocycles. The summed E-state index contributed by atoms with van der Waals surface area (Å²) in [6.45, 7) is 6.19. The summed E-state index contributed by atoms with van der Waals surface area (Å²) in [6.07, 6.45) is 17.3. The number of rotatable bonds is 19. The van der Waals surface area contributed by atoms with Crippen molar-refractivity contribution >= 4 is 0 Å². The molecular formula is C26H46O2. The van der Waals surface area contributed by atoms with Gasteiger partial charge in [0.15, 0.2) is 0 Å². The largest absolute Gasteiger partial charge is 0.393 e. The molecule has 1 aromatic carbocycles. The molecule has 2 atom stereocenters. The van der Waals surface area contributed by atoms with E-state index in [1.54, 1.807) is 0 Å². The Bertz CT molecular complexity index is 431. The third kappa shape index (κ3) is 15.1. The zero-order valence-corrected chi connectivity index (χ0v) is 18.7. The Morgan fingerprint density at radius 2 is 1.39 bits per heavy atom. The summed E-state index contributed by atoms with van der Waals surface area (Å²) in [4.78, 5) is 0. The molecule has 0 aromatic heterocycles. The van der Waals surface area contributed by atoms with E-state index in [1.165, 1.54) is 69.8 Å². The molecule has 28 heavy (non-hydrogen) atoms. The van der Waals surface area contributed by atoms with Crippen LogP contribution in [0.1, 0.15) is 109 Å². The minimum atomic E-state index is -0.0960. The van der Waals surface area contributed by atoms with Crippen molar-refractivity contribution in [1.29, 1.82) is 0 Å². The Morgan fingerprint density at radius 1 is 0.750 bits per heavy atom. The molecule has 1 rings (SSSR count). The molecule has 1 N–H and O–H groups in total. The average molecular weight is 391 g/mol. The van der Waals surface area contributed by atoms with E-state index in [1.807, 2.05) is 6.07 Å². The SMILES string of the molecule is CCCCCCCC[C@@H](C)CCC(O)CCCCCCOCc1ccccc1. The van der Waals surface area contributed by atoms with Crippen LogP contribution in [0, 0.1) is 5.92 Å². The van der Waals surface area contributed by atoms with E-state index in [-0.39, 0.29) is 6.10 Å². The van der Waals surface area contributed by atoms with Crippen molar-refractivity contribution in [3.8, 4) is 0 Å². The van der Waals surface area contributed by atoms with Gasteiger partial charge in [0.1, 0.15) is 0 Å². The third-order valence-electron chi connectivity index (χ3n) is 5.73. The topological polar surface area (TPSA) is 29.5 Å². The zero-order chi connectivity index (χ0) is 20.3. The summed E-state index contributed by atoms with van der Waals surface area (Å²) in [6, 6.07) is 10.4. The normalized spacial score (nSPS) is 13.5. The fourth-order valence-electron chi connectivity index (χ4n) is 3.74. The van der Waals surface area contributed by atoms with Crippen molar-refractivity contribution in [3.05, 3.63) is 35.9 Å². The molecule has 0 radical (unpaired) electrons. The molecular weight excluding hydrogens is 344 g/mol. The Morgan fingerprint density at radius 3 is 2.14 bits per heavy atom. The lowest BCUT2D eigenvalue weighted by Gasteiger charge is -2.15. The molecule has 0 amide bonds. The highest BCUT2D eigenvalue weighted by Crippen LogP contribution is 2.19. The van der Waals surface area contributed by atoms with Crippen LogP contribution in [-0.2, 0) is 11.3 Å². The lowest BCUT2D eigenvalue weighted by atomic mass is 9.95. The predicted molar refractivity (Wildman–Crippen MR) is 122 cm³/mol. The Kier molecular flexibility index (Phi) is 16.4. The molecule has 0 aliphatic rings. The molecule has 0 bridgehead atoms. The molecule has 0 aliphatic carbocycles. The molecule has 162 valence electrons. The second kappa shape index (κ2) is 18.2. The van der Waals surface area contributed by atoms with E-state index in [0.29, 0.717) is 0 Å². The zero-order valence-electron chi connectivity index (χ0n) is 18.7. The maximum atomic E-state index is 10.2.